The topological polar surface area (TPSA) is 529 Å². The second-order valence-electron chi connectivity index (χ2n) is 26.6. The van der Waals surface area contributed by atoms with Crippen molar-refractivity contribution in [3.05, 3.63) is 315 Å². The van der Waals surface area contributed by atoms with Gasteiger partial charge in [0.1, 0.15) is 24.7 Å². The van der Waals surface area contributed by atoms with Gasteiger partial charge in [-0.15, -0.1) is 0 Å². The van der Waals surface area contributed by atoms with Crippen molar-refractivity contribution >= 4 is 53.4 Å². The maximum absolute atomic E-state index is 11.0. The molecule has 0 heterocycles. The molecule has 0 fully saturated rings. The van der Waals surface area contributed by atoms with Crippen LogP contribution in [0.4, 0.5) is 5.69 Å². The molecule has 7 atom stereocenters. The van der Waals surface area contributed by atoms with Crippen LogP contribution in [0.5, 0.6) is 34.5 Å². The first-order chi connectivity index (χ1) is 55.6. The number of carboxylic acid groups (broad SMARTS) is 7. The van der Waals surface area contributed by atoms with Crippen LogP contribution in [0.3, 0.4) is 0 Å². The lowest BCUT2D eigenvalue weighted by molar-refractivity contribution is -0.138. The number of phenolic OH excluding ortho intramolecular Hbond substituents is 1. The molecule has 620 valence electrons. The fraction of sp³-hybridized carbons (Fsp3) is 0.236. The highest BCUT2D eigenvalue weighted by atomic mass is 16.5. The Labute approximate surface area is 679 Å². The van der Waals surface area contributed by atoms with Crippen molar-refractivity contribution in [2.45, 2.75) is 128 Å². The van der Waals surface area contributed by atoms with E-state index in [-0.39, 0.29) is 62.4 Å². The second kappa shape index (κ2) is 51.4. The number of nitrogens with two attached hydrogens (primary N) is 7. The molecule has 0 aromatic heterocycles. The predicted octanol–water partition coefficient (Wildman–Crippen LogP) is 13.7. The van der Waals surface area contributed by atoms with Crippen LogP contribution in [0.1, 0.15) is 161 Å². The Balaban J connectivity index is 0.000000293. The van der Waals surface area contributed by atoms with Gasteiger partial charge in [0, 0.05) is 60.5 Å². The average Bonchev–Trinajstić information content (AvgIpc) is 0.840. The highest BCUT2D eigenvalue weighted by molar-refractivity contribution is 5.88. The van der Waals surface area contributed by atoms with Crippen molar-refractivity contribution in [2.75, 3.05) is 12.4 Å². The van der Waals surface area contributed by atoms with E-state index in [9.17, 15) is 43.5 Å². The number of aliphatic carboxylic acids is 7. The van der Waals surface area contributed by atoms with Gasteiger partial charge in [-0.2, -0.15) is 0 Å². The molecule has 0 saturated carbocycles. The number of hydrogen-bond acceptors (Lipinski definition) is 20. The first-order valence-corrected chi connectivity index (χ1v) is 36.6. The van der Waals surface area contributed by atoms with E-state index in [1.807, 2.05) is 185 Å². The van der Waals surface area contributed by atoms with Gasteiger partial charge >= 0.3 is 41.8 Å². The van der Waals surface area contributed by atoms with E-state index < -0.39 is 84.1 Å². The Bertz CT molecular complexity index is 4720. The van der Waals surface area contributed by atoms with Crippen molar-refractivity contribution in [3.8, 4) is 34.5 Å². The molecule has 1 amide bonds. The molecule has 0 aliphatic rings. The van der Waals surface area contributed by atoms with Gasteiger partial charge in [0.15, 0.2) is 23.0 Å². The third-order valence-electron chi connectivity index (χ3n) is 16.8. The van der Waals surface area contributed by atoms with Crippen LogP contribution < -0.4 is 64.4 Å². The minimum Gasteiger partial charge on any atom is -0.504 e. The number of nitrogens with one attached hydrogen (secondary N) is 1. The fourth-order valence-electron chi connectivity index (χ4n) is 10.7. The standard InChI is InChI=1S/C23H23NO4.C15H15NO3.C11H14N2O3.C10H13NO4.3C10H13NO2/c24-20(14-23(25)26)19-11-12-21(27-15-17-7-3-1-4-8-17)22(13-19)28-16-18-9-5-2-6-10-18;16-14(10-15(17)18)11-6-8-13(9-7-11)19-12-4-2-1-3-5-12;1-7(14)13-9-4-2-8(3-5-9)10(12)6-11(15)16;1-15-8-4-2-3-6(10(8)14)7(11)5-9(12)13;1-7-2-4-8(5-3-7)9(11)6-10(12)13;1-7-3-2-4-8(5-7)9(11)6-10(12)13;1-7-4-2-3-5-8(7)9(11)6-10(12)13/h1-13,20H,14-16,24H2,(H,25,26);1-9,14H,10,16H2,(H,17,18);2-5,10H,6,12H2,1H3,(H,13,14)(H,15,16);2-4,7,14H,5,11H2,1H3,(H,12,13);3*2-5,9H,6,11H2,1H3,(H,12,13). The molecule has 0 saturated heterocycles. The van der Waals surface area contributed by atoms with Crippen LogP contribution in [0, 0.1) is 20.8 Å². The summed E-state index contributed by atoms with van der Waals surface area (Å²) in [5.74, 6) is -3.78. The van der Waals surface area contributed by atoms with Gasteiger partial charge in [-0.3, -0.25) is 38.4 Å². The number of rotatable bonds is 31. The maximum Gasteiger partial charge on any atom is 0.305 e. The summed E-state index contributed by atoms with van der Waals surface area (Å²) in [7, 11) is 1.42. The Morgan fingerprint density at radius 2 is 0.684 bits per heavy atom. The molecule has 28 heteroatoms. The zero-order valence-corrected chi connectivity index (χ0v) is 65.6. The van der Waals surface area contributed by atoms with E-state index in [1.54, 1.807) is 84.9 Å². The molecule has 0 spiro atoms. The summed E-state index contributed by atoms with van der Waals surface area (Å²) in [5, 5.41) is 72.7. The Kier molecular flexibility index (Phi) is 42.2. The lowest BCUT2D eigenvalue weighted by atomic mass is 10.00. The number of para-hydroxylation sites is 2. The lowest BCUT2D eigenvalue weighted by Gasteiger charge is -2.16. The van der Waals surface area contributed by atoms with Gasteiger partial charge in [0.05, 0.1) is 52.1 Å². The zero-order chi connectivity index (χ0) is 86.5. The highest BCUT2D eigenvalue weighted by Gasteiger charge is 2.20. The number of phenols is 1. The Morgan fingerprint density at radius 3 is 1.11 bits per heavy atom. The predicted molar refractivity (Wildman–Crippen MR) is 444 cm³/mol. The Hall–Kier alpha value is -13.3. The van der Waals surface area contributed by atoms with Gasteiger partial charge in [0.25, 0.3) is 0 Å². The van der Waals surface area contributed by atoms with Crippen LogP contribution in [0.25, 0.3) is 0 Å². The third-order valence-corrected chi connectivity index (χ3v) is 16.8. The molecule has 7 unspecified atom stereocenters. The monoisotopic (exact) mass is 1600 g/mol. The van der Waals surface area contributed by atoms with Gasteiger partial charge in [-0.05, 0) is 125 Å². The minimum atomic E-state index is -1.01. The molecule has 0 aliphatic heterocycles. The summed E-state index contributed by atoms with van der Waals surface area (Å²) in [4.78, 5) is 84.4. The number of carboxylic acids is 7. The second-order valence-corrected chi connectivity index (χ2v) is 26.6. The third kappa shape index (κ3) is 38.4. The number of aryl methyl sites for hydroxylation is 3. The number of methoxy groups -OCH3 is 1. The first-order valence-electron chi connectivity index (χ1n) is 36.6. The number of carbonyl (C=O) groups is 8. The van der Waals surface area contributed by atoms with Crippen molar-refractivity contribution in [3.63, 3.8) is 0 Å². The lowest BCUT2D eigenvalue weighted by Crippen LogP contribution is -2.15. The molecule has 117 heavy (non-hydrogen) atoms. The van der Waals surface area contributed by atoms with Crippen molar-refractivity contribution in [2.24, 2.45) is 40.1 Å². The first kappa shape index (κ1) is 96.1. The number of hydrogen-bond donors (Lipinski definition) is 16. The normalized spacial score (nSPS) is 12.0. The summed E-state index contributed by atoms with van der Waals surface area (Å²) in [6.07, 6.45) is -0.654. The molecule has 10 aromatic carbocycles. The molecule has 0 aliphatic carbocycles. The smallest absolute Gasteiger partial charge is 0.305 e. The molecule has 10 aromatic rings. The summed E-state index contributed by atoms with van der Waals surface area (Å²) < 4.78 is 22.4. The van der Waals surface area contributed by atoms with Crippen molar-refractivity contribution < 1.29 is 98.2 Å². The number of carbonyl (C=O) groups excluding carboxylic acids is 1. The molecule has 0 radical (unpaired) electrons. The van der Waals surface area contributed by atoms with Gasteiger partial charge in [-0.25, -0.2) is 0 Å². The quantitative estimate of drug-likeness (QED) is 0.0192. The molecule has 23 N–H and O–H groups in total. The highest BCUT2D eigenvalue weighted by Crippen LogP contribution is 2.35. The van der Waals surface area contributed by atoms with E-state index in [1.165, 1.54) is 14.0 Å². The number of ether oxygens (including phenoxy) is 4. The van der Waals surface area contributed by atoms with E-state index in [0.29, 0.717) is 47.3 Å². The van der Waals surface area contributed by atoms with Crippen molar-refractivity contribution in [1.82, 2.24) is 0 Å². The van der Waals surface area contributed by atoms with Crippen LogP contribution >= 0.6 is 0 Å². The van der Waals surface area contributed by atoms with E-state index >= 15 is 0 Å². The molecular weight excluding hydrogens is 1500 g/mol. The summed E-state index contributed by atoms with van der Waals surface area (Å²) >= 11 is 0. The van der Waals surface area contributed by atoms with Crippen LogP contribution in [0.2, 0.25) is 0 Å². The van der Waals surface area contributed by atoms with Gasteiger partial charge in [-0.1, -0.05) is 205 Å². The van der Waals surface area contributed by atoms with Gasteiger partial charge < -0.3 is 105 Å². The molecule has 0 bridgehead atoms. The van der Waals surface area contributed by atoms with Crippen LogP contribution in [0.15, 0.2) is 249 Å². The van der Waals surface area contributed by atoms with Crippen LogP contribution in [-0.4, -0.2) is 95.7 Å². The number of aromatic hydroxyl groups is 1. The largest absolute Gasteiger partial charge is 0.504 e. The maximum atomic E-state index is 11.0. The molecule has 28 nitrogen and oxygen atoms in total. The molecule has 10 rings (SSSR count). The SMILES string of the molecule is CC(=O)Nc1ccc(C(N)CC(=O)O)cc1.COc1cccc(C(N)CC(=O)O)c1O.Cc1ccc(C(N)CC(=O)O)cc1.Cc1cccc(C(N)CC(=O)O)c1.Cc1ccccc1C(N)CC(=O)O.NC(CC(=O)O)c1ccc(OCc2ccccc2)c(OCc2ccccc2)c1.NC(CC(=O)O)c1ccc(Oc2ccccc2)cc1. The number of amides is 1. The average molecular weight is 1610 g/mol. The van der Waals surface area contributed by atoms with E-state index in [0.717, 1.165) is 61.4 Å². The summed E-state index contributed by atoms with van der Waals surface area (Å²) in [6.45, 7) is 8.06. The molecular formula is C89H104N8O20. The Morgan fingerprint density at radius 1 is 0.333 bits per heavy atom. The van der Waals surface area contributed by atoms with E-state index in [2.05, 4.69) is 5.32 Å². The zero-order valence-electron chi connectivity index (χ0n) is 65.6. The van der Waals surface area contributed by atoms with Crippen LogP contribution in [-0.2, 0) is 51.6 Å². The van der Waals surface area contributed by atoms with Gasteiger partial charge in [0.2, 0.25) is 5.91 Å². The summed E-state index contributed by atoms with van der Waals surface area (Å²) in [6, 6.07) is 72.3. The minimum absolute atomic E-state index is 0.0230. The number of anilines is 1. The van der Waals surface area contributed by atoms with E-state index in [4.69, 9.17) is 94.8 Å². The number of benzene rings is 10. The fourth-order valence-corrected chi connectivity index (χ4v) is 10.7. The summed E-state index contributed by atoms with van der Waals surface area (Å²) in [5.41, 5.74) is 51.4. The van der Waals surface area contributed by atoms with Crippen molar-refractivity contribution in [1.29, 1.82) is 0 Å².